The maximum Gasteiger partial charge on any atom is 0.258 e. The zero-order valence-corrected chi connectivity index (χ0v) is 19.0. The van der Waals surface area contributed by atoms with Gasteiger partial charge in [-0.15, -0.1) is 0 Å². The lowest BCUT2D eigenvalue weighted by atomic mass is 9.44. The highest BCUT2D eigenvalue weighted by Gasteiger charge is 2.69. The molecule has 0 aliphatic heterocycles. The van der Waals surface area contributed by atoms with Gasteiger partial charge in [0.05, 0.1) is 0 Å². The number of carbonyl (C=O) groups excluding carboxylic acids is 2. The maximum atomic E-state index is 12.9. The Kier molecular flexibility index (Phi) is 7.33. The van der Waals surface area contributed by atoms with Crippen LogP contribution in [0.3, 0.4) is 0 Å². The van der Waals surface area contributed by atoms with E-state index in [0.29, 0.717) is 5.75 Å². The summed E-state index contributed by atoms with van der Waals surface area (Å²) in [5, 5.41) is 6.49. The first-order valence-electron chi connectivity index (χ1n) is 12.2. The number of hydrogen-bond acceptors (Lipinski definition) is 3. The molecular weight excluding hydrogens is 400 g/mol. The molecule has 1 aromatic rings. The summed E-state index contributed by atoms with van der Waals surface area (Å²) in [5.74, 6) is 0.944. The molecule has 0 spiro atoms. The van der Waals surface area contributed by atoms with Gasteiger partial charge < -0.3 is 15.4 Å². The van der Waals surface area contributed by atoms with E-state index in [0.717, 1.165) is 32.1 Å². The van der Waals surface area contributed by atoms with E-state index in [4.69, 9.17) is 4.74 Å². The zero-order chi connectivity index (χ0) is 22.3. The highest BCUT2D eigenvalue weighted by atomic mass is 16.5. The summed E-state index contributed by atoms with van der Waals surface area (Å²) in [5.41, 5.74) is -0.240. The van der Waals surface area contributed by atoms with Crippen LogP contribution in [0.1, 0.15) is 70.6 Å². The predicted molar refractivity (Wildman–Crippen MR) is 126 cm³/mol. The molecule has 4 aliphatic carbocycles. The van der Waals surface area contributed by atoms with Crippen LogP contribution in [0.4, 0.5) is 0 Å². The summed E-state index contributed by atoms with van der Waals surface area (Å²) in [7, 11) is 0. The normalized spacial score (nSPS) is 27.1. The van der Waals surface area contributed by atoms with Crippen LogP contribution in [-0.2, 0) is 9.59 Å². The third-order valence-electron chi connectivity index (χ3n) is 7.11. The molecule has 5 heteroatoms. The topological polar surface area (TPSA) is 67.4 Å². The van der Waals surface area contributed by atoms with Crippen LogP contribution in [0.25, 0.3) is 0 Å². The van der Waals surface area contributed by atoms with Gasteiger partial charge in [-0.25, -0.2) is 0 Å². The second-order valence-corrected chi connectivity index (χ2v) is 9.90. The first kappa shape index (κ1) is 22.6. The highest BCUT2D eigenvalue weighted by Crippen LogP contribution is 2.60. The Morgan fingerprint density at radius 3 is 1.84 bits per heavy atom. The molecule has 4 fully saturated rings. The minimum Gasteiger partial charge on any atom is -0.484 e. The number of nitrogens with one attached hydrogen (secondary N) is 2. The molecule has 0 aromatic heterocycles. The lowest BCUT2D eigenvalue weighted by Gasteiger charge is -2.70. The van der Waals surface area contributed by atoms with E-state index in [-0.39, 0.29) is 35.4 Å². The van der Waals surface area contributed by atoms with Crippen LogP contribution in [-0.4, -0.2) is 29.5 Å². The number of rotatable bonds is 6. The Balaban J connectivity index is 1.21. The molecule has 2 amide bonds. The molecule has 1 aromatic carbocycles. The van der Waals surface area contributed by atoms with Gasteiger partial charge in [0.2, 0.25) is 5.91 Å². The van der Waals surface area contributed by atoms with Crippen molar-refractivity contribution < 1.29 is 14.3 Å². The lowest BCUT2D eigenvalue weighted by molar-refractivity contribution is -0.152. The molecule has 4 saturated carbocycles. The Bertz CT molecular complexity index is 813. The predicted octanol–water partition coefficient (Wildman–Crippen LogP) is 4.85. The second-order valence-electron chi connectivity index (χ2n) is 9.90. The van der Waals surface area contributed by atoms with Crippen molar-refractivity contribution in [3.05, 3.63) is 54.6 Å². The number of hydrogen-bond donors (Lipinski definition) is 2. The molecule has 0 unspecified atom stereocenters. The molecule has 4 aliphatic rings. The van der Waals surface area contributed by atoms with Crippen LogP contribution >= 0.6 is 0 Å². The van der Waals surface area contributed by atoms with Crippen LogP contribution in [0.2, 0.25) is 0 Å². The minimum absolute atomic E-state index is 0.00719. The smallest absolute Gasteiger partial charge is 0.258 e. The lowest BCUT2D eigenvalue weighted by Crippen LogP contribution is -2.84. The molecule has 32 heavy (non-hydrogen) atoms. The third-order valence-corrected chi connectivity index (χ3v) is 7.11. The van der Waals surface area contributed by atoms with Gasteiger partial charge in [-0.3, -0.25) is 9.59 Å². The van der Waals surface area contributed by atoms with Crippen molar-refractivity contribution in [2.24, 2.45) is 5.92 Å². The summed E-state index contributed by atoms with van der Waals surface area (Å²) in [6, 6.07) is 17.1. The second kappa shape index (κ2) is 10.4. The average Bonchev–Trinajstić information content (AvgIpc) is 2.88. The first-order chi connectivity index (χ1) is 15.6. The van der Waals surface area contributed by atoms with Crippen LogP contribution < -0.4 is 15.4 Å². The standard InChI is InChI=1S/C27H36N2O3/c30-24(18-32-23-16-12-8-2-1-3-9-13-17-23)28-26-19-27(20-26,21-26)29-25(31)22-14-10-6-4-5-7-11-15-22/h1-3,8-9,12-13,16-17,22H,4-7,10-11,14-15,18-21H2,(H,28,30)(H,29,31). The highest BCUT2D eigenvalue weighted by molar-refractivity contribution is 5.82. The number of ether oxygens (including phenoxy) is 1. The Morgan fingerprint density at radius 1 is 0.750 bits per heavy atom. The van der Waals surface area contributed by atoms with E-state index in [9.17, 15) is 9.59 Å². The largest absolute Gasteiger partial charge is 0.484 e. The summed E-state index contributed by atoms with van der Waals surface area (Å²) < 4.78 is 5.69. The molecule has 5 rings (SSSR count). The fraction of sp³-hybridized carbons (Fsp3) is 0.556. The van der Waals surface area contributed by atoms with E-state index in [1.807, 2.05) is 54.6 Å². The van der Waals surface area contributed by atoms with Gasteiger partial charge in [0.1, 0.15) is 5.75 Å². The molecule has 0 saturated heterocycles. The van der Waals surface area contributed by atoms with Crippen molar-refractivity contribution in [2.75, 3.05) is 6.61 Å². The fourth-order valence-electron chi connectivity index (χ4n) is 5.57. The minimum atomic E-state index is -0.153. The maximum absolute atomic E-state index is 12.9. The van der Waals surface area contributed by atoms with E-state index in [1.165, 1.54) is 38.5 Å². The van der Waals surface area contributed by atoms with Gasteiger partial charge in [0.15, 0.2) is 6.61 Å². The van der Waals surface area contributed by atoms with Gasteiger partial charge in [-0.05, 0) is 44.2 Å². The molecule has 2 N–H and O–H groups in total. The van der Waals surface area contributed by atoms with Gasteiger partial charge in [-0.2, -0.15) is 0 Å². The van der Waals surface area contributed by atoms with Gasteiger partial charge in [-0.1, -0.05) is 81.0 Å². The number of amides is 2. The van der Waals surface area contributed by atoms with Crippen LogP contribution in [0, 0.1) is 5.92 Å². The van der Waals surface area contributed by atoms with E-state index in [1.54, 1.807) is 0 Å². The van der Waals surface area contributed by atoms with E-state index < -0.39 is 0 Å². The van der Waals surface area contributed by atoms with Gasteiger partial charge in [0, 0.05) is 17.0 Å². The Hall–Kier alpha value is -2.56. The summed E-state index contributed by atoms with van der Waals surface area (Å²) in [6.07, 6.45) is 12.0. The van der Waals surface area contributed by atoms with Crippen molar-refractivity contribution in [1.29, 1.82) is 0 Å². The van der Waals surface area contributed by atoms with Crippen LogP contribution in [0.5, 0.6) is 5.75 Å². The summed E-state index contributed by atoms with van der Waals surface area (Å²) >= 11 is 0. The quantitative estimate of drug-likeness (QED) is 0.670. The van der Waals surface area contributed by atoms with Crippen molar-refractivity contribution in [1.82, 2.24) is 10.6 Å². The monoisotopic (exact) mass is 436 g/mol. The first-order valence-corrected chi connectivity index (χ1v) is 12.2. The van der Waals surface area contributed by atoms with E-state index in [2.05, 4.69) is 10.6 Å². The SMILES string of the molecule is O=C(COc1ccccccccc1)NC12CC(NC(=O)C3CCCCCCCC3)(C1)C2. The molecule has 5 nitrogen and oxygen atoms in total. The molecule has 0 radical (unpaired) electrons. The number of carbonyl (C=O) groups is 2. The van der Waals surface area contributed by atoms with Crippen molar-refractivity contribution in [2.45, 2.75) is 81.7 Å². The van der Waals surface area contributed by atoms with Gasteiger partial charge >= 0.3 is 0 Å². The molecule has 0 heterocycles. The van der Waals surface area contributed by atoms with Crippen molar-refractivity contribution in [3.63, 3.8) is 0 Å². The summed E-state index contributed by atoms with van der Waals surface area (Å²) in [6.45, 7) is -0.00719. The molecule has 0 atom stereocenters. The fourth-order valence-corrected chi connectivity index (χ4v) is 5.57. The van der Waals surface area contributed by atoms with Crippen molar-refractivity contribution in [3.8, 4) is 5.75 Å². The summed E-state index contributed by atoms with van der Waals surface area (Å²) in [4.78, 5) is 25.3. The van der Waals surface area contributed by atoms with Gasteiger partial charge in [0.25, 0.3) is 5.91 Å². The Morgan fingerprint density at radius 2 is 1.25 bits per heavy atom. The zero-order valence-electron chi connectivity index (χ0n) is 19.0. The average molecular weight is 437 g/mol. The Labute approximate surface area is 191 Å². The van der Waals surface area contributed by atoms with E-state index >= 15 is 0 Å². The molecule has 172 valence electrons. The third kappa shape index (κ3) is 5.81. The van der Waals surface area contributed by atoms with Crippen LogP contribution in [0.15, 0.2) is 54.6 Å². The molecular formula is C27H36N2O3. The molecule has 2 bridgehead atoms. The van der Waals surface area contributed by atoms with Crippen molar-refractivity contribution >= 4 is 11.8 Å².